The van der Waals surface area contributed by atoms with Gasteiger partial charge in [0.05, 0.1) is 12.1 Å². The van der Waals surface area contributed by atoms with Crippen LogP contribution >= 0.6 is 15.9 Å². The van der Waals surface area contributed by atoms with E-state index in [2.05, 4.69) is 15.9 Å². The first kappa shape index (κ1) is 12.3. The van der Waals surface area contributed by atoms with Crippen LogP contribution in [0.3, 0.4) is 0 Å². The fourth-order valence-electron chi connectivity index (χ4n) is 1.98. The predicted molar refractivity (Wildman–Crippen MR) is 65.3 cm³/mol. The lowest BCUT2D eigenvalue weighted by Gasteiger charge is -2.34. The van der Waals surface area contributed by atoms with Gasteiger partial charge in [-0.25, -0.2) is 8.78 Å². The highest BCUT2D eigenvalue weighted by Crippen LogP contribution is 2.31. The third-order valence-electron chi connectivity index (χ3n) is 2.83. The van der Waals surface area contributed by atoms with E-state index in [9.17, 15) is 8.78 Å². The molecular formula is C12H11BrF2N2. The Kier molecular flexibility index (Phi) is 3.34. The Morgan fingerprint density at radius 3 is 2.82 bits per heavy atom. The number of hydrogen-bond donors (Lipinski definition) is 0. The molecule has 5 heteroatoms. The van der Waals surface area contributed by atoms with Crippen LogP contribution in [0, 0.1) is 11.3 Å². The lowest BCUT2D eigenvalue weighted by molar-refractivity contribution is -0.0116. The molecule has 0 atom stereocenters. The molecule has 0 aromatic heterocycles. The summed E-state index contributed by atoms with van der Waals surface area (Å²) >= 11 is 3.25. The molecule has 0 bridgehead atoms. The molecule has 1 aromatic rings. The standard InChI is InChI=1S/C12H11BrF2N2/c13-11-3-2-10(6-9(11)7-16)17-5-1-4-12(14,15)8-17/h2-3,6H,1,4-5,8H2. The second-order valence-corrected chi connectivity index (χ2v) is 5.01. The Labute approximate surface area is 107 Å². The molecule has 1 fully saturated rings. The monoisotopic (exact) mass is 300 g/mol. The maximum absolute atomic E-state index is 13.3. The van der Waals surface area contributed by atoms with E-state index in [0.717, 1.165) is 0 Å². The molecular weight excluding hydrogens is 290 g/mol. The van der Waals surface area contributed by atoms with E-state index in [0.29, 0.717) is 28.7 Å². The number of benzene rings is 1. The van der Waals surface area contributed by atoms with Crippen molar-refractivity contribution in [3.05, 3.63) is 28.2 Å². The molecule has 0 unspecified atom stereocenters. The van der Waals surface area contributed by atoms with Crippen molar-refractivity contribution in [1.29, 1.82) is 5.26 Å². The maximum Gasteiger partial charge on any atom is 0.265 e. The van der Waals surface area contributed by atoms with Crippen molar-refractivity contribution in [3.8, 4) is 6.07 Å². The molecule has 2 nitrogen and oxygen atoms in total. The quantitative estimate of drug-likeness (QED) is 0.793. The van der Waals surface area contributed by atoms with E-state index in [1.807, 2.05) is 6.07 Å². The minimum absolute atomic E-state index is 0.0505. The fourth-order valence-corrected chi connectivity index (χ4v) is 2.32. The Hall–Kier alpha value is -1.15. The van der Waals surface area contributed by atoms with Gasteiger partial charge in [0, 0.05) is 23.1 Å². The second-order valence-electron chi connectivity index (χ2n) is 4.16. The molecule has 0 radical (unpaired) electrons. The normalized spacial score (nSPS) is 18.8. The minimum atomic E-state index is -2.63. The van der Waals surface area contributed by atoms with Crippen molar-refractivity contribution in [2.24, 2.45) is 0 Å². The number of anilines is 1. The van der Waals surface area contributed by atoms with Crippen LogP contribution < -0.4 is 4.90 Å². The summed E-state index contributed by atoms with van der Waals surface area (Å²) in [7, 11) is 0. The first-order valence-electron chi connectivity index (χ1n) is 5.34. The Morgan fingerprint density at radius 2 is 2.18 bits per heavy atom. The van der Waals surface area contributed by atoms with Gasteiger partial charge in [-0.15, -0.1) is 0 Å². The van der Waals surface area contributed by atoms with E-state index in [1.54, 1.807) is 23.1 Å². The van der Waals surface area contributed by atoms with E-state index >= 15 is 0 Å². The summed E-state index contributed by atoms with van der Waals surface area (Å²) in [5, 5.41) is 8.90. The van der Waals surface area contributed by atoms with Crippen LogP contribution in [0.4, 0.5) is 14.5 Å². The Morgan fingerprint density at radius 1 is 1.41 bits per heavy atom. The van der Waals surface area contributed by atoms with Gasteiger partial charge in [0.1, 0.15) is 6.07 Å². The van der Waals surface area contributed by atoms with Crippen molar-refractivity contribution in [2.45, 2.75) is 18.8 Å². The summed E-state index contributed by atoms with van der Waals surface area (Å²) in [4.78, 5) is 1.64. The molecule has 0 spiro atoms. The van der Waals surface area contributed by atoms with Crippen LogP contribution in [0.25, 0.3) is 0 Å². The highest BCUT2D eigenvalue weighted by molar-refractivity contribution is 9.10. The van der Waals surface area contributed by atoms with E-state index in [4.69, 9.17) is 5.26 Å². The van der Waals surface area contributed by atoms with Gasteiger partial charge in [-0.1, -0.05) is 0 Å². The first-order chi connectivity index (χ1) is 8.02. The van der Waals surface area contributed by atoms with E-state index in [-0.39, 0.29) is 13.0 Å². The topological polar surface area (TPSA) is 27.0 Å². The summed E-state index contributed by atoms with van der Waals surface area (Å²) in [5.41, 5.74) is 1.15. The zero-order valence-corrected chi connectivity index (χ0v) is 10.7. The van der Waals surface area contributed by atoms with Crippen LogP contribution in [0.2, 0.25) is 0 Å². The van der Waals surface area contributed by atoms with Gasteiger partial charge in [-0.2, -0.15) is 5.26 Å². The van der Waals surface area contributed by atoms with Gasteiger partial charge < -0.3 is 4.90 Å². The number of rotatable bonds is 1. The molecule has 2 rings (SSSR count). The molecule has 0 N–H and O–H groups in total. The number of halogens is 3. The average molecular weight is 301 g/mol. The SMILES string of the molecule is N#Cc1cc(N2CCCC(F)(F)C2)ccc1Br. The molecule has 0 saturated carbocycles. The third kappa shape index (κ3) is 2.75. The number of alkyl halides is 2. The van der Waals surface area contributed by atoms with Gasteiger partial charge in [-0.3, -0.25) is 0 Å². The van der Waals surface area contributed by atoms with Crippen LogP contribution in [0.5, 0.6) is 0 Å². The summed E-state index contributed by atoms with van der Waals surface area (Å²) in [6, 6.07) is 7.16. The molecule has 1 aromatic carbocycles. The molecule has 1 aliphatic heterocycles. The lowest BCUT2D eigenvalue weighted by Crippen LogP contribution is -2.42. The molecule has 1 heterocycles. The zero-order valence-electron chi connectivity index (χ0n) is 9.09. The van der Waals surface area contributed by atoms with Gasteiger partial charge in [0.15, 0.2) is 0 Å². The highest BCUT2D eigenvalue weighted by Gasteiger charge is 2.35. The fraction of sp³-hybridized carbons (Fsp3) is 0.417. The van der Waals surface area contributed by atoms with Crippen molar-refractivity contribution in [2.75, 3.05) is 18.0 Å². The summed E-state index contributed by atoms with van der Waals surface area (Å²) in [5.74, 6) is -2.63. The number of nitriles is 1. The molecule has 0 aliphatic carbocycles. The van der Waals surface area contributed by atoms with Gasteiger partial charge in [-0.05, 0) is 40.5 Å². The van der Waals surface area contributed by atoms with Gasteiger partial charge in [0.2, 0.25) is 0 Å². The van der Waals surface area contributed by atoms with Crippen molar-refractivity contribution >= 4 is 21.6 Å². The zero-order chi connectivity index (χ0) is 12.5. The highest BCUT2D eigenvalue weighted by atomic mass is 79.9. The maximum atomic E-state index is 13.3. The van der Waals surface area contributed by atoms with Crippen LogP contribution in [0.15, 0.2) is 22.7 Å². The van der Waals surface area contributed by atoms with E-state index < -0.39 is 5.92 Å². The second kappa shape index (κ2) is 4.61. The summed E-state index contributed by atoms with van der Waals surface area (Å²) in [6.07, 6.45) is 0.427. The number of nitrogens with zero attached hydrogens (tertiary/aromatic N) is 2. The third-order valence-corrected chi connectivity index (χ3v) is 3.52. The minimum Gasteiger partial charge on any atom is -0.365 e. The van der Waals surface area contributed by atoms with E-state index in [1.165, 1.54) is 0 Å². The van der Waals surface area contributed by atoms with Crippen molar-refractivity contribution in [1.82, 2.24) is 0 Å². The van der Waals surface area contributed by atoms with Crippen LogP contribution in [-0.2, 0) is 0 Å². The molecule has 1 saturated heterocycles. The smallest absolute Gasteiger partial charge is 0.265 e. The molecule has 1 aliphatic rings. The molecule has 17 heavy (non-hydrogen) atoms. The summed E-state index contributed by atoms with van der Waals surface area (Å²) < 4.78 is 27.3. The van der Waals surface area contributed by atoms with Crippen molar-refractivity contribution in [3.63, 3.8) is 0 Å². The Bertz CT molecular complexity index is 468. The Balaban J connectivity index is 2.26. The van der Waals surface area contributed by atoms with Crippen LogP contribution in [0.1, 0.15) is 18.4 Å². The summed E-state index contributed by atoms with van der Waals surface area (Å²) in [6.45, 7) is 0.349. The average Bonchev–Trinajstić information content (AvgIpc) is 2.28. The lowest BCUT2D eigenvalue weighted by atomic mass is 10.1. The van der Waals surface area contributed by atoms with Gasteiger partial charge in [0.25, 0.3) is 5.92 Å². The predicted octanol–water partition coefficient (Wildman–Crippen LogP) is 3.56. The van der Waals surface area contributed by atoms with Gasteiger partial charge >= 0.3 is 0 Å². The number of piperidine rings is 1. The molecule has 0 amide bonds. The first-order valence-corrected chi connectivity index (χ1v) is 6.13. The largest absolute Gasteiger partial charge is 0.365 e. The van der Waals surface area contributed by atoms with Crippen molar-refractivity contribution < 1.29 is 8.78 Å². The van der Waals surface area contributed by atoms with Crippen LogP contribution in [-0.4, -0.2) is 19.0 Å². The number of hydrogen-bond acceptors (Lipinski definition) is 2. The molecule has 90 valence electrons.